The molecule has 1 unspecified atom stereocenters. The van der Waals surface area contributed by atoms with Gasteiger partial charge in [0, 0.05) is 5.56 Å². The third kappa shape index (κ3) is 4.56. The average Bonchev–Trinajstić information content (AvgIpc) is 3.14. The lowest BCUT2D eigenvalue weighted by Gasteiger charge is -2.16. The molecule has 1 atom stereocenters. The van der Waals surface area contributed by atoms with E-state index in [1.807, 2.05) is 97.3 Å². The first-order valence-electron chi connectivity index (χ1n) is 10.4. The number of amides is 1. The molecule has 5 nitrogen and oxygen atoms in total. The Labute approximate surface area is 181 Å². The highest BCUT2D eigenvalue weighted by Gasteiger charge is 2.20. The highest BCUT2D eigenvalue weighted by molar-refractivity contribution is 5.96. The summed E-state index contributed by atoms with van der Waals surface area (Å²) in [6, 6.07) is 24.5. The van der Waals surface area contributed by atoms with Gasteiger partial charge in [0.1, 0.15) is 5.82 Å². The summed E-state index contributed by atoms with van der Waals surface area (Å²) in [4.78, 5) is 30.3. The lowest BCUT2D eigenvalue weighted by molar-refractivity contribution is -0.121. The minimum Gasteiger partial charge on any atom is -0.346 e. The third-order valence-corrected chi connectivity index (χ3v) is 5.46. The number of hydrogen-bond acceptors (Lipinski definition) is 3. The lowest BCUT2D eigenvalue weighted by atomic mass is 10.1. The number of benzene rings is 3. The fourth-order valence-electron chi connectivity index (χ4n) is 3.79. The van der Waals surface area contributed by atoms with E-state index >= 15 is 0 Å². The molecule has 31 heavy (non-hydrogen) atoms. The minimum absolute atomic E-state index is 0.00319. The van der Waals surface area contributed by atoms with Crippen LogP contribution in [0.4, 0.5) is 0 Å². The molecule has 3 aromatic carbocycles. The van der Waals surface area contributed by atoms with Gasteiger partial charge in [0.05, 0.1) is 30.0 Å². The second-order valence-corrected chi connectivity index (χ2v) is 7.73. The zero-order valence-electron chi connectivity index (χ0n) is 17.7. The standard InChI is InChI=1S/C26H25N3O2/c1-18-10-6-7-13-21(18)16-25(31)27-19(2)26-28-22-14-8-9-15-23(22)29(26)17-24(30)20-11-4-3-5-12-20/h3-15,19H,16-17H2,1-2H3,(H,27,31). The zero-order chi connectivity index (χ0) is 21.8. The van der Waals surface area contributed by atoms with Gasteiger partial charge in [-0.2, -0.15) is 0 Å². The van der Waals surface area contributed by atoms with Gasteiger partial charge in [-0.25, -0.2) is 4.98 Å². The number of rotatable bonds is 7. The van der Waals surface area contributed by atoms with Gasteiger partial charge in [-0.15, -0.1) is 0 Å². The van der Waals surface area contributed by atoms with Crippen molar-refractivity contribution in [3.05, 3.63) is 101 Å². The van der Waals surface area contributed by atoms with Crippen LogP contribution in [-0.2, 0) is 17.8 Å². The fraction of sp³-hybridized carbons (Fsp3) is 0.192. The van der Waals surface area contributed by atoms with Crippen molar-refractivity contribution in [1.29, 1.82) is 0 Å². The van der Waals surface area contributed by atoms with E-state index in [0.29, 0.717) is 17.8 Å². The Hall–Kier alpha value is -3.73. The number of aromatic nitrogens is 2. The molecule has 0 aliphatic rings. The van der Waals surface area contributed by atoms with Gasteiger partial charge >= 0.3 is 0 Å². The summed E-state index contributed by atoms with van der Waals surface area (Å²) in [5, 5.41) is 3.05. The molecule has 0 spiro atoms. The molecule has 0 aliphatic carbocycles. The van der Waals surface area contributed by atoms with Crippen LogP contribution in [0.3, 0.4) is 0 Å². The van der Waals surface area contributed by atoms with E-state index in [0.717, 1.165) is 22.2 Å². The number of hydrogen-bond donors (Lipinski definition) is 1. The number of fused-ring (bicyclic) bond motifs is 1. The van der Waals surface area contributed by atoms with Crippen molar-refractivity contribution in [2.45, 2.75) is 32.9 Å². The van der Waals surface area contributed by atoms with E-state index in [2.05, 4.69) is 5.32 Å². The second kappa shape index (κ2) is 8.96. The molecular formula is C26H25N3O2. The quantitative estimate of drug-likeness (QED) is 0.450. The molecular weight excluding hydrogens is 386 g/mol. The number of nitrogens with zero attached hydrogens (tertiary/aromatic N) is 2. The number of para-hydroxylation sites is 2. The molecule has 1 N–H and O–H groups in total. The first-order valence-corrected chi connectivity index (χ1v) is 10.4. The number of ketones is 1. The van der Waals surface area contributed by atoms with E-state index in [4.69, 9.17) is 4.98 Å². The normalized spacial score (nSPS) is 11.9. The summed E-state index contributed by atoms with van der Waals surface area (Å²) < 4.78 is 1.91. The van der Waals surface area contributed by atoms with Crippen LogP contribution in [0.2, 0.25) is 0 Å². The molecule has 1 aromatic heterocycles. The summed E-state index contributed by atoms with van der Waals surface area (Å²) in [6.07, 6.45) is 0.306. The Morgan fingerprint density at radius 1 is 0.935 bits per heavy atom. The van der Waals surface area contributed by atoms with E-state index in [1.54, 1.807) is 0 Å². The zero-order valence-corrected chi connectivity index (χ0v) is 17.7. The third-order valence-electron chi connectivity index (χ3n) is 5.46. The Morgan fingerprint density at radius 3 is 2.39 bits per heavy atom. The highest BCUT2D eigenvalue weighted by Crippen LogP contribution is 2.22. The van der Waals surface area contributed by atoms with Gasteiger partial charge in [0.15, 0.2) is 5.78 Å². The molecule has 1 amide bonds. The van der Waals surface area contributed by atoms with Gasteiger partial charge in [-0.3, -0.25) is 9.59 Å². The molecule has 4 rings (SSSR count). The Balaban J connectivity index is 1.59. The molecule has 4 aromatic rings. The maximum atomic E-state index is 12.9. The summed E-state index contributed by atoms with van der Waals surface area (Å²) in [6.45, 7) is 4.07. The summed E-state index contributed by atoms with van der Waals surface area (Å²) >= 11 is 0. The first-order chi connectivity index (χ1) is 15.0. The molecule has 5 heteroatoms. The van der Waals surface area contributed by atoms with Crippen molar-refractivity contribution < 1.29 is 9.59 Å². The van der Waals surface area contributed by atoms with Crippen molar-refractivity contribution in [1.82, 2.24) is 14.9 Å². The first kappa shape index (κ1) is 20.5. The lowest BCUT2D eigenvalue weighted by Crippen LogP contribution is -2.30. The van der Waals surface area contributed by atoms with Crippen LogP contribution in [0.1, 0.15) is 40.3 Å². The summed E-state index contributed by atoms with van der Waals surface area (Å²) in [5.41, 5.74) is 4.42. The van der Waals surface area contributed by atoms with E-state index in [9.17, 15) is 9.59 Å². The van der Waals surface area contributed by atoms with Gasteiger partial charge in [0.2, 0.25) is 5.91 Å². The van der Waals surface area contributed by atoms with E-state index in [-0.39, 0.29) is 24.3 Å². The maximum absolute atomic E-state index is 12.9. The number of Topliss-reactive ketones (excluding diaryl/α,β-unsaturated/α-hetero) is 1. The maximum Gasteiger partial charge on any atom is 0.225 e. The van der Waals surface area contributed by atoms with Crippen LogP contribution in [-0.4, -0.2) is 21.2 Å². The van der Waals surface area contributed by atoms with Crippen LogP contribution in [0.25, 0.3) is 11.0 Å². The number of nitrogens with one attached hydrogen (secondary N) is 1. The Kier molecular flexibility index (Phi) is 5.94. The van der Waals surface area contributed by atoms with Crippen LogP contribution in [0, 0.1) is 6.92 Å². The van der Waals surface area contributed by atoms with E-state index in [1.165, 1.54) is 0 Å². The molecule has 0 radical (unpaired) electrons. The van der Waals surface area contributed by atoms with Crippen LogP contribution in [0.5, 0.6) is 0 Å². The second-order valence-electron chi connectivity index (χ2n) is 7.73. The molecule has 156 valence electrons. The molecule has 0 saturated carbocycles. The number of aryl methyl sites for hydroxylation is 1. The largest absolute Gasteiger partial charge is 0.346 e. The van der Waals surface area contributed by atoms with E-state index < -0.39 is 0 Å². The highest BCUT2D eigenvalue weighted by atomic mass is 16.1. The fourth-order valence-corrected chi connectivity index (χ4v) is 3.79. The van der Waals surface area contributed by atoms with Gasteiger partial charge in [-0.05, 0) is 37.1 Å². The van der Waals surface area contributed by atoms with Gasteiger partial charge in [0.25, 0.3) is 0 Å². The minimum atomic E-state index is -0.340. The molecule has 0 fully saturated rings. The molecule has 0 bridgehead atoms. The monoisotopic (exact) mass is 411 g/mol. The average molecular weight is 412 g/mol. The SMILES string of the molecule is Cc1ccccc1CC(=O)NC(C)c1nc2ccccc2n1CC(=O)c1ccccc1. The van der Waals surface area contributed by atoms with Crippen molar-refractivity contribution >= 4 is 22.7 Å². The van der Waals surface area contributed by atoms with Crippen LogP contribution < -0.4 is 5.32 Å². The van der Waals surface area contributed by atoms with Gasteiger partial charge in [-0.1, -0.05) is 66.7 Å². The van der Waals surface area contributed by atoms with Crippen LogP contribution >= 0.6 is 0 Å². The predicted octanol–water partition coefficient (Wildman–Crippen LogP) is 4.65. The molecule has 0 saturated heterocycles. The Bertz CT molecular complexity index is 1230. The molecule has 1 heterocycles. The smallest absolute Gasteiger partial charge is 0.225 e. The number of carbonyl (C=O) groups is 2. The predicted molar refractivity (Wildman–Crippen MR) is 122 cm³/mol. The van der Waals surface area contributed by atoms with Crippen molar-refractivity contribution in [3.8, 4) is 0 Å². The van der Waals surface area contributed by atoms with Crippen LogP contribution in [0.15, 0.2) is 78.9 Å². The topological polar surface area (TPSA) is 64.0 Å². The molecule has 0 aliphatic heterocycles. The van der Waals surface area contributed by atoms with Gasteiger partial charge < -0.3 is 9.88 Å². The van der Waals surface area contributed by atoms with Crippen molar-refractivity contribution in [3.63, 3.8) is 0 Å². The van der Waals surface area contributed by atoms with Crippen molar-refractivity contribution in [2.24, 2.45) is 0 Å². The van der Waals surface area contributed by atoms with Crippen molar-refractivity contribution in [2.75, 3.05) is 0 Å². The Morgan fingerprint density at radius 2 is 1.61 bits per heavy atom. The number of carbonyl (C=O) groups excluding carboxylic acids is 2. The summed E-state index contributed by atoms with van der Waals surface area (Å²) in [7, 11) is 0. The number of imidazole rings is 1. The summed E-state index contributed by atoms with van der Waals surface area (Å²) in [5.74, 6) is 0.599.